The van der Waals surface area contributed by atoms with E-state index in [2.05, 4.69) is 4.57 Å². The molecule has 3 aromatic rings. The van der Waals surface area contributed by atoms with E-state index < -0.39 is 16.5 Å². The van der Waals surface area contributed by atoms with E-state index in [1.54, 1.807) is 34.1 Å². The van der Waals surface area contributed by atoms with Gasteiger partial charge in [0, 0.05) is 48.2 Å². The van der Waals surface area contributed by atoms with Gasteiger partial charge >= 0.3 is 0 Å². The molecule has 0 saturated carbocycles. The zero-order valence-electron chi connectivity index (χ0n) is 20.5. The minimum absolute atomic E-state index is 0.000390. The van der Waals surface area contributed by atoms with Crippen molar-refractivity contribution >= 4 is 17.5 Å². The van der Waals surface area contributed by atoms with Crippen LogP contribution in [0.1, 0.15) is 54.0 Å². The van der Waals surface area contributed by atoms with Crippen LogP contribution in [-0.2, 0) is 11.3 Å². The van der Waals surface area contributed by atoms with Crippen LogP contribution in [0.2, 0.25) is 0 Å². The number of nitro groups is 1. The summed E-state index contributed by atoms with van der Waals surface area (Å²) in [7, 11) is 0. The average Bonchev–Trinajstić information content (AvgIpc) is 3.30. The maximum atomic E-state index is 13.8. The van der Waals surface area contributed by atoms with Gasteiger partial charge in [-0.2, -0.15) is 0 Å². The molecule has 0 spiro atoms. The summed E-state index contributed by atoms with van der Waals surface area (Å²) in [4.78, 5) is 41.3. The van der Waals surface area contributed by atoms with Gasteiger partial charge in [0.05, 0.1) is 11.0 Å². The molecule has 1 atom stereocenters. The summed E-state index contributed by atoms with van der Waals surface area (Å²) in [5.74, 6) is -0.366. The van der Waals surface area contributed by atoms with Gasteiger partial charge in [-0.15, -0.1) is 0 Å². The van der Waals surface area contributed by atoms with Gasteiger partial charge in [0.15, 0.2) is 0 Å². The number of hydrogen-bond acceptors (Lipinski definition) is 4. The van der Waals surface area contributed by atoms with Crippen molar-refractivity contribution in [2.75, 3.05) is 13.1 Å². The molecule has 182 valence electrons. The summed E-state index contributed by atoms with van der Waals surface area (Å²) in [6.45, 7) is 8.76. The second-order valence-corrected chi connectivity index (χ2v) is 9.89. The Hall–Kier alpha value is -3.94. The lowest BCUT2D eigenvalue weighted by molar-refractivity contribution is -0.384. The van der Waals surface area contributed by atoms with E-state index in [1.165, 1.54) is 12.1 Å². The third-order valence-electron chi connectivity index (χ3n) is 6.43. The van der Waals surface area contributed by atoms with Crippen molar-refractivity contribution in [1.82, 2.24) is 14.4 Å². The SMILES string of the molecule is Cc1ccc(C(=O)N(CC(=O)N2CCn3cccc3[C@@H]2c2ccc([N+](=O)[O-])cc2)C(C)(C)C)cc1. The van der Waals surface area contributed by atoms with Crippen molar-refractivity contribution in [3.05, 3.63) is 99.4 Å². The third kappa shape index (κ3) is 4.96. The van der Waals surface area contributed by atoms with E-state index >= 15 is 0 Å². The van der Waals surface area contributed by atoms with Crippen molar-refractivity contribution in [2.24, 2.45) is 0 Å². The van der Waals surface area contributed by atoms with E-state index in [0.717, 1.165) is 16.8 Å². The molecule has 35 heavy (non-hydrogen) atoms. The lowest BCUT2D eigenvalue weighted by Crippen LogP contribution is -2.53. The second-order valence-electron chi connectivity index (χ2n) is 9.89. The lowest BCUT2D eigenvalue weighted by Gasteiger charge is -2.41. The van der Waals surface area contributed by atoms with Gasteiger partial charge < -0.3 is 14.4 Å². The van der Waals surface area contributed by atoms with Crippen LogP contribution < -0.4 is 0 Å². The van der Waals surface area contributed by atoms with Gasteiger partial charge in [-0.1, -0.05) is 17.7 Å². The molecule has 8 nitrogen and oxygen atoms in total. The first-order valence-electron chi connectivity index (χ1n) is 11.6. The number of fused-ring (bicyclic) bond motifs is 1. The number of carbonyl (C=O) groups is 2. The Morgan fingerprint density at radius 3 is 2.29 bits per heavy atom. The number of non-ortho nitro benzene ring substituents is 1. The number of benzene rings is 2. The molecule has 1 aliphatic rings. The van der Waals surface area contributed by atoms with Crippen LogP contribution in [0.4, 0.5) is 5.69 Å². The van der Waals surface area contributed by atoms with E-state index in [4.69, 9.17) is 0 Å². The minimum Gasteiger partial charge on any atom is -0.348 e. The van der Waals surface area contributed by atoms with Crippen molar-refractivity contribution < 1.29 is 14.5 Å². The van der Waals surface area contributed by atoms with Gasteiger partial charge in [-0.3, -0.25) is 19.7 Å². The monoisotopic (exact) mass is 474 g/mol. The van der Waals surface area contributed by atoms with Gasteiger partial charge in [0.2, 0.25) is 5.91 Å². The highest BCUT2D eigenvalue weighted by molar-refractivity contribution is 5.97. The molecule has 2 amide bonds. The van der Waals surface area contributed by atoms with Crippen LogP contribution in [-0.4, -0.2) is 49.7 Å². The van der Waals surface area contributed by atoms with Crippen molar-refractivity contribution in [2.45, 2.75) is 45.8 Å². The molecule has 2 heterocycles. The number of hydrogen-bond donors (Lipinski definition) is 0. The Kier molecular flexibility index (Phi) is 6.47. The molecule has 0 N–H and O–H groups in total. The van der Waals surface area contributed by atoms with Gasteiger partial charge in [-0.05, 0) is 69.7 Å². The van der Waals surface area contributed by atoms with Crippen LogP contribution in [0.3, 0.4) is 0 Å². The summed E-state index contributed by atoms with van der Waals surface area (Å²) >= 11 is 0. The predicted molar refractivity (Wildman–Crippen MR) is 133 cm³/mol. The van der Waals surface area contributed by atoms with Gasteiger partial charge in [-0.25, -0.2) is 0 Å². The zero-order chi connectivity index (χ0) is 25.3. The Morgan fingerprint density at radius 2 is 1.69 bits per heavy atom. The normalized spacial score (nSPS) is 15.4. The molecule has 0 radical (unpaired) electrons. The molecule has 1 aliphatic heterocycles. The Labute approximate surface area is 204 Å². The molecule has 0 bridgehead atoms. The van der Waals surface area contributed by atoms with E-state index in [-0.39, 0.29) is 24.0 Å². The zero-order valence-corrected chi connectivity index (χ0v) is 20.5. The molecule has 4 rings (SSSR count). The van der Waals surface area contributed by atoms with Crippen LogP contribution >= 0.6 is 0 Å². The fraction of sp³-hybridized carbons (Fsp3) is 0.333. The Bertz CT molecular complexity index is 1240. The quantitative estimate of drug-likeness (QED) is 0.400. The van der Waals surface area contributed by atoms with Gasteiger partial charge in [0.25, 0.3) is 11.6 Å². The maximum Gasteiger partial charge on any atom is 0.269 e. The number of rotatable bonds is 5. The largest absolute Gasteiger partial charge is 0.348 e. The highest BCUT2D eigenvalue weighted by atomic mass is 16.6. The lowest BCUT2D eigenvalue weighted by atomic mass is 9.98. The number of nitro benzene ring substituents is 1. The minimum atomic E-state index is -0.573. The first-order valence-corrected chi connectivity index (χ1v) is 11.6. The highest BCUT2D eigenvalue weighted by Crippen LogP contribution is 2.34. The summed E-state index contributed by atoms with van der Waals surface area (Å²) in [5.41, 5.74) is 2.75. The molecule has 0 unspecified atom stereocenters. The molecule has 0 fully saturated rings. The topological polar surface area (TPSA) is 88.7 Å². The van der Waals surface area contributed by atoms with E-state index in [0.29, 0.717) is 18.7 Å². The molecule has 2 aromatic carbocycles. The van der Waals surface area contributed by atoms with Crippen LogP contribution in [0.5, 0.6) is 0 Å². The van der Waals surface area contributed by atoms with Crippen molar-refractivity contribution in [3.8, 4) is 0 Å². The summed E-state index contributed by atoms with van der Waals surface area (Å²) in [5, 5.41) is 11.1. The summed E-state index contributed by atoms with van der Waals surface area (Å²) in [6, 6.07) is 17.2. The molecule has 0 saturated heterocycles. The number of nitrogens with zero attached hydrogens (tertiary/aromatic N) is 4. The van der Waals surface area contributed by atoms with E-state index in [9.17, 15) is 19.7 Å². The second kappa shape index (κ2) is 9.37. The number of amides is 2. The fourth-order valence-corrected chi connectivity index (χ4v) is 4.47. The molecule has 0 aliphatic carbocycles. The van der Waals surface area contributed by atoms with Gasteiger partial charge in [0.1, 0.15) is 6.54 Å². The Balaban J connectivity index is 1.65. The Morgan fingerprint density at radius 1 is 1.03 bits per heavy atom. The maximum absolute atomic E-state index is 13.8. The number of aromatic nitrogens is 1. The van der Waals surface area contributed by atoms with Crippen LogP contribution in [0.25, 0.3) is 0 Å². The van der Waals surface area contributed by atoms with Crippen molar-refractivity contribution in [1.29, 1.82) is 0 Å². The van der Waals surface area contributed by atoms with Crippen LogP contribution in [0.15, 0.2) is 66.9 Å². The molecule has 1 aromatic heterocycles. The number of carbonyl (C=O) groups excluding carboxylic acids is 2. The number of aryl methyl sites for hydroxylation is 1. The fourth-order valence-electron chi connectivity index (χ4n) is 4.47. The predicted octanol–water partition coefficient (Wildman–Crippen LogP) is 4.58. The highest BCUT2D eigenvalue weighted by Gasteiger charge is 2.36. The van der Waals surface area contributed by atoms with Crippen molar-refractivity contribution in [3.63, 3.8) is 0 Å². The average molecular weight is 475 g/mol. The first-order chi connectivity index (χ1) is 16.6. The van der Waals surface area contributed by atoms with Crippen LogP contribution in [0, 0.1) is 17.0 Å². The smallest absolute Gasteiger partial charge is 0.269 e. The molecule has 8 heteroatoms. The standard InChI is InChI=1S/C27H30N4O4/c1-19-7-9-21(10-8-19)26(33)30(27(2,3)4)18-24(32)29-17-16-28-15-5-6-23(28)25(29)20-11-13-22(14-12-20)31(34)35/h5-15,25H,16-18H2,1-4H3/t25-/m0/s1. The summed E-state index contributed by atoms with van der Waals surface area (Å²) in [6.07, 6.45) is 1.97. The molecular weight excluding hydrogens is 444 g/mol. The third-order valence-corrected chi connectivity index (χ3v) is 6.43. The molecular formula is C27H30N4O4. The van der Waals surface area contributed by atoms with E-state index in [1.807, 2.05) is 58.2 Å². The first kappa shape index (κ1) is 24.2. The summed E-state index contributed by atoms with van der Waals surface area (Å²) < 4.78 is 2.09.